The predicted molar refractivity (Wildman–Crippen MR) is 121 cm³/mol. The molecule has 1 aliphatic heterocycles. The number of benzene rings is 1. The van der Waals surface area contributed by atoms with Gasteiger partial charge in [0, 0.05) is 30.9 Å². The van der Waals surface area contributed by atoms with Gasteiger partial charge in [-0.25, -0.2) is 4.98 Å². The number of carbonyl (C=O) groups is 2. The van der Waals surface area contributed by atoms with Crippen molar-refractivity contribution in [1.82, 2.24) is 15.6 Å². The molecule has 2 amide bonds. The number of carbonyl (C=O) groups excluding carboxylic acids is 2. The van der Waals surface area contributed by atoms with Crippen LogP contribution in [0, 0.1) is 0 Å². The monoisotopic (exact) mass is 496 g/mol. The van der Waals surface area contributed by atoms with E-state index in [1.54, 1.807) is 0 Å². The number of halogens is 3. The van der Waals surface area contributed by atoms with Gasteiger partial charge in [0.1, 0.15) is 5.82 Å². The molecule has 0 bridgehead atoms. The number of aromatic nitrogens is 1. The molecule has 190 valence electrons. The van der Waals surface area contributed by atoms with Crippen molar-refractivity contribution in [3.05, 3.63) is 41.6 Å². The average Bonchev–Trinajstić information content (AvgIpc) is 2.86. The van der Waals surface area contributed by atoms with Gasteiger partial charge in [-0.2, -0.15) is 13.2 Å². The Morgan fingerprint density at radius 2 is 1.69 bits per heavy atom. The Morgan fingerprint density at radius 1 is 1.06 bits per heavy atom. The number of nitrogens with one attached hydrogen (secondary N) is 2. The Bertz CT molecular complexity index is 1010. The number of ether oxygens (including phenoxy) is 3. The van der Waals surface area contributed by atoms with Gasteiger partial charge in [-0.15, -0.1) is 0 Å². The maximum Gasteiger partial charge on any atom is 0.417 e. The van der Waals surface area contributed by atoms with Crippen LogP contribution in [0.3, 0.4) is 0 Å². The summed E-state index contributed by atoms with van der Waals surface area (Å²) in [6, 6.07) is 5.21. The summed E-state index contributed by atoms with van der Waals surface area (Å²) in [5.41, 5.74) is -0.554. The molecule has 3 rings (SSSR count). The fraction of sp³-hybridized carbons (Fsp3) is 0.435. The summed E-state index contributed by atoms with van der Waals surface area (Å²) in [5, 5.41) is 5.44. The van der Waals surface area contributed by atoms with Crippen LogP contribution in [-0.4, -0.2) is 63.8 Å². The normalized spacial score (nSPS) is 14.3. The highest BCUT2D eigenvalue weighted by Crippen LogP contribution is 2.38. The number of methoxy groups -OCH3 is 3. The van der Waals surface area contributed by atoms with E-state index in [-0.39, 0.29) is 24.1 Å². The summed E-state index contributed by atoms with van der Waals surface area (Å²) in [4.78, 5) is 30.7. The molecule has 0 aliphatic carbocycles. The lowest BCUT2D eigenvalue weighted by Gasteiger charge is -2.33. The van der Waals surface area contributed by atoms with Crippen molar-refractivity contribution >= 4 is 17.6 Å². The van der Waals surface area contributed by atoms with Crippen LogP contribution >= 0.6 is 0 Å². The molecule has 2 N–H and O–H groups in total. The van der Waals surface area contributed by atoms with Gasteiger partial charge in [0.15, 0.2) is 11.5 Å². The zero-order chi connectivity index (χ0) is 25.6. The van der Waals surface area contributed by atoms with Gasteiger partial charge in [-0.3, -0.25) is 9.59 Å². The van der Waals surface area contributed by atoms with Crippen molar-refractivity contribution in [2.75, 3.05) is 45.9 Å². The van der Waals surface area contributed by atoms with Crippen LogP contribution in [0.15, 0.2) is 30.5 Å². The van der Waals surface area contributed by atoms with E-state index in [9.17, 15) is 22.8 Å². The Labute approximate surface area is 200 Å². The van der Waals surface area contributed by atoms with Crippen molar-refractivity contribution in [1.29, 1.82) is 0 Å². The standard InChI is InChI=1S/C23H27F3N4O5/c1-33-17-10-14(11-18(34-2)21(17)35-3)22(32)28-13-20(31)29-16-6-8-30(9-7-16)19-5-4-15(12-27-19)23(24,25)26/h4-5,10-12,16H,6-9,13H2,1-3H3,(H,28,32)(H,29,31). The Kier molecular flexibility index (Phi) is 8.26. The molecule has 9 nitrogen and oxygen atoms in total. The molecule has 1 aromatic heterocycles. The number of piperidine rings is 1. The van der Waals surface area contributed by atoms with E-state index in [2.05, 4.69) is 15.6 Å². The van der Waals surface area contributed by atoms with E-state index < -0.39 is 17.6 Å². The van der Waals surface area contributed by atoms with Crippen molar-refractivity contribution in [3.63, 3.8) is 0 Å². The highest BCUT2D eigenvalue weighted by molar-refractivity contribution is 5.97. The molecular formula is C23H27F3N4O5. The summed E-state index contributed by atoms with van der Waals surface area (Å²) in [5.74, 6) is 0.605. The summed E-state index contributed by atoms with van der Waals surface area (Å²) < 4.78 is 53.8. The molecule has 1 aromatic carbocycles. The Morgan fingerprint density at radius 3 is 2.17 bits per heavy atom. The summed E-state index contributed by atoms with van der Waals surface area (Å²) in [6.07, 6.45) is -2.42. The van der Waals surface area contributed by atoms with Crippen LogP contribution < -0.4 is 29.7 Å². The lowest BCUT2D eigenvalue weighted by Crippen LogP contribution is -2.47. The number of alkyl halides is 3. The zero-order valence-electron chi connectivity index (χ0n) is 19.6. The number of hydrogen-bond donors (Lipinski definition) is 2. The van der Waals surface area contributed by atoms with Crippen LogP contribution in [0.1, 0.15) is 28.8 Å². The summed E-state index contributed by atoms with van der Waals surface area (Å²) >= 11 is 0. The van der Waals surface area contributed by atoms with Gasteiger partial charge in [0.05, 0.1) is 33.4 Å². The second-order valence-corrected chi connectivity index (χ2v) is 7.83. The largest absolute Gasteiger partial charge is 0.493 e. The lowest BCUT2D eigenvalue weighted by atomic mass is 10.0. The molecule has 0 radical (unpaired) electrons. The summed E-state index contributed by atoms with van der Waals surface area (Å²) in [7, 11) is 4.33. The van der Waals surface area contributed by atoms with E-state index in [1.807, 2.05) is 4.90 Å². The van der Waals surface area contributed by atoms with Crippen LogP contribution in [0.2, 0.25) is 0 Å². The van der Waals surface area contributed by atoms with Crippen molar-refractivity contribution in [3.8, 4) is 17.2 Å². The first kappa shape index (κ1) is 25.9. The number of rotatable bonds is 8. The molecule has 0 saturated carbocycles. The fourth-order valence-corrected chi connectivity index (χ4v) is 3.75. The second-order valence-electron chi connectivity index (χ2n) is 7.83. The molecule has 2 heterocycles. The molecular weight excluding hydrogens is 469 g/mol. The molecule has 1 fully saturated rings. The number of nitrogens with zero attached hydrogens (tertiary/aromatic N) is 2. The van der Waals surface area contributed by atoms with Gasteiger partial charge in [0.25, 0.3) is 5.91 Å². The lowest BCUT2D eigenvalue weighted by molar-refractivity contribution is -0.137. The quantitative estimate of drug-likeness (QED) is 0.579. The minimum atomic E-state index is -4.43. The third-order valence-corrected chi connectivity index (χ3v) is 5.60. The number of anilines is 1. The van der Waals surface area contributed by atoms with Gasteiger partial charge in [-0.05, 0) is 37.1 Å². The Hall–Kier alpha value is -3.70. The maximum absolute atomic E-state index is 12.7. The van der Waals surface area contributed by atoms with Crippen LogP contribution in [-0.2, 0) is 11.0 Å². The summed E-state index contributed by atoms with van der Waals surface area (Å²) in [6.45, 7) is 0.832. The smallest absolute Gasteiger partial charge is 0.417 e. The Balaban J connectivity index is 1.48. The topological polar surface area (TPSA) is 102 Å². The van der Waals surface area contributed by atoms with E-state index >= 15 is 0 Å². The third-order valence-electron chi connectivity index (χ3n) is 5.60. The van der Waals surface area contributed by atoms with E-state index in [1.165, 1.54) is 39.5 Å². The van der Waals surface area contributed by atoms with Crippen molar-refractivity contribution in [2.45, 2.75) is 25.1 Å². The first-order valence-corrected chi connectivity index (χ1v) is 10.8. The molecule has 35 heavy (non-hydrogen) atoms. The SMILES string of the molecule is COc1cc(C(=O)NCC(=O)NC2CCN(c3ccc(C(F)(F)F)cn3)CC2)cc(OC)c1OC. The molecule has 12 heteroatoms. The van der Waals surface area contributed by atoms with Crippen LogP contribution in [0.25, 0.3) is 0 Å². The fourth-order valence-electron chi connectivity index (χ4n) is 3.75. The predicted octanol–water partition coefficient (Wildman–Crippen LogP) is 2.64. The number of pyridine rings is 1. The average molecular weight is 496 g/mol. The highest BCUT2D eigenvalue weighted by Gasteiger charge is 2.31. The van der Waals surface area contributed by atoms with Gasteiger partial charge >= 0.3 is 6.18 Å². The van der Waals surface area contributed by atoms with Gasteiger partial charge < -0.3 is 29.7 Å². The molecule has 0 atom stereocenters. The molecule has 2 aromatic rings. The molecule has 0 unspecified atom stereocenters. The van der Waals surface area contributed by atoms with Crippen molar-refractivity contribution < 1.29 is 37.0 Å². The third kappa shape index (κ3) is 6.46. The van der Waals surface area contributed by atoms with E-state index in [0.717, 1.165) is 12.3 Å². The van der Waals surface area contributed by atoms with Crippen LogP contribution in [0.5, 0.6) is 17.2 Å². The first-order valence-electron chi connectivity index (χ1n) is 10.8. The first-order chi connectivity index (χ1) is 16.7. The maximum atomic E-state index is 12.7. The molecule has 1 aliphatic rings. The highest BCUT2D eigenvalue weighted by atomic mass is 19.4. The number of amides is 2. The van der Waals surface area contributed by atoms with Crippen LogP contribution in [0.4, 0.5) is 19.0 Å². The van der Waals surface area contributed by atoms with E-state index in [4.69, 9.17) is 14.2 Å². The second kappa shape index (κ2) is 11.2. The van der Waals surface area contributed by atoms with Crippen molar-refractivity contribution in [2.24, 2.45) is 0 Å². The van der Waals surface area contributed by atoms with Gasteiger partial charge in [0.2, 0.25) is 11.7 Å². The molecule has 1 saturated heterocycles. The minimum absolute atomic E-state index is 0.119. The zero-order valence-corrected chi connectivity index (χ0v) is 19.6. The van der Waals surface area contributed by atoms with Gasteiger partial charge in [-0.1, -0.05) is 0 Å². The van der Waals surface area contributed by atoms with E-state index in [0.29, 0.717) is 49.0 Å². The minimum Gasteiger partial charge on any atom is -0.493 e. The molecule has 0 spiro atoms. The number of hydrogen-bond acceptors (Lipinski definition) is 7.